The van der Waals surface area contributed by atoms with Crippen LogP contribution in [0.2, 0.25) is 0 Å². The summed E-state index contributed by atoms with van der Waals surface area (Å²) in [5.74, 6) is -0.143. The number of carbonyl (C=O) groups is 2. The average Bonchev–Trinajstić information content (AvgIpc) is 3.00. The van der Waals surface area contributed by atoms with Gasteiger partial charge in [-0.2, -0.15) is 0 Å². The summed E-state index contributed by atoms with van der Waals surface area (Å²) in [6.45, 7) is 0.538. The minimum atomic E-state index is -0.114. The summed E-state index contributed by atoms with van der Waals surface area (Å²) in [5, 5.41) is 2.54. The third-order valence-corrected chi connectivity index (χ3v) is 3.73. The normalized spacial score (nSPS) is 12.5. The number of hydrogen-bond donors (Lipinski definition) is 1. The number of fused-ring (bicyclic) bond motifs is 3. The Kier molecular flexibility index (Phi) is 3.48. The van der Waals surface area contributed by atoms with E-state index >= 15 is 0 Å². The van der Waals surface area contributed by atoms with Crippen molar-refractivity contribution in [1.29, 1.82) is 0 Å². The monoisotopic (exact) mass is 283 g/mol. The van der Waals surface area contributed by atoms with Gasteiger partial charge in [-0.3, -0.25) is 9.59 Å². The van der Waals surface area contributed by atoms with E-state index in [0.29, 0.717) is 6.54 Å². The molecule has 0 aliphatic carbocycles. The fourth-order valence-electron chi connectivity index (χ4n) is 2.63. The Hall–Kier alpha value is -2.56. The lowest BCUT2D eigenvalue weighted by atomic mass is 10.1. The number of nitrogens with one attached hydrogen (secondary N) is 1. The number of hydrogen-bond acceptors (Lipinski definition) is 2. The van der Waals surface area contributed by atoms with Gasteiger partial charge in [-0.1, -0.05) is 12.1 Å². The lowest BCUT2D eigenvalue weighted by molar-refractivity contribution is -0.125. The smallest absolute Gasteiger partial charge is 0.227 e. The van der Waals surface area contributed by atoms with Crippen molar-refractivity contribution < 1.29 is 9.59 Å². The van der Waals surface area contributed by atoms with Crippen LogP contribution in [0, 0.1) is 0 Å². The highest BCUT2D eigenvalue weighted by molar-refractivity contribution is 5.97. The van der Waals surface area contributed by atoms with Gasteiger partial charge in [0.25, 0.3) is 0 Å². The van der Waals surface area contributed by atoms with Gasteiger partial charge in [-0.05, 0) is 24.3 Å². The van der Waals surface area contributed by atoms with Gasteiger partial charge >= 0.3 is 0 Å². The number of para-hydroxylation sites is 2. The Labute approximate surface area is 123 Å². The zero-order valence-electron chi connectivity index (χ0n) is 11.9. The van der Waals surface area contributed by atoms with Gasteiger partial charge in [0.05, 0.1) is 17.9 Å². The van der Waals surface area contributed by atoms with Crippen LogP contribution in [0.4, 0.5) is 5.69 Å². The number of carbonyl (C=O) groups excluding carboxylic acids is 2. The first-order valence-electron chi connectivity index (χ1n) is 6.97. The van der Waals surface area contributed by atoms with E-state index in [4.69, 9.17) is 0 Å². The third kappa shape index (κ3) is 2.42. The molecule has 1 aliphatic heterocycles. The van der Waals surface area contributed by atoms with Gasteiger partial charge in [-0.25, -0.2) is 0 Å². The molecule has 0 bridgehead atoms. The fraction of sp³-hybridized carbons (Fsp3) is 0.250. The molecule has 1 aromatic heterocycles. The molecule has 0 spiro atoms. The molecule has 0 atom stereocenters. The maximum atomic E-state index is 12.4. The maximum absolute atomic E-state index is 12.4. The molecule has 1 aromatic carbocycles. The summed E-state index contributed by atoms with van der Waals surface area (Å²) in [5.41, 5.74) is 2.96. The lowest BCUT2D eigenvalue weighted by Crippen LogP contribution is -2.35. The molecule has 2 heterocycles. The summed E-state index contributed by atoms with van der Waals surface area (Å²) in [7, 11) is 1.58. The zero-order valence-corrected chi connectivity index (χ0v) is 11.9. The third-order valence-electron chi connectivity index (χ3n) is 3.73. The molecule has 3 rings (SSSR count). The first-order chi connectivity index (χ1) is 10.2. The molecule has 2 amide bonds. The van der Waals surface area contributed by atoms with E-state index in [1.54, 1.807) is 11.9 Å². The number of amides is 2. The molecule has 1 N–H and O–H groups in total. The Morgan fingerprint density at radius 2 is 1.86 bits per heavy atom. The van der Waals surface area contributed by atoms with E-state index < -0.39 is 0 Å². The van der Waals surface area contributed by atoms with Crippen LogP contribution in [0.25, 0.3) is 5.69 Å². The molecule has 5 heteroatoms. The first kappa shape index (κ1) is 13.4. The second-order valence-corrected chi connectivity index (χ2v) is 5.01. The number of benzene rings is 1. The van der Waals surface area contributed by atoms with Crippen molar-refractivity contribution in [3.05, 3.63) is 48.3 Å². The van der Waals surface area contributed by atoms with Crippen molar-refractivity contribution in [2.45, 2.75) is 19.4 Å². The van der Waals surface area contributed by atoms with Crippen molar-refractivity contribution in [2.24, 2.45) is 0 Å². The van der Waals surface area contributed by atoms with E-state index in [-0.39, 0.29) is 24.7 Å². The Balaban J connectivity index is 1.88. The van der Waals surface area contributed by atoms with Crippen LogP contribution in [0.1, 0.15) is 18.5 Å². The summed E-state index contributed by atoms with van der Waals surface area (Å²) < 4.78 is 2.10. The SMILES string of the molecule is CNC(=O)CCC(=O)N1Cc2cccn2-c2ccccc21. The quantitative estimate of drug-likeness (QED) is 0.934. The first-order valence-corrected chi connectivity index (χ1v) is 6.97. The Morgan fingerprint density at radius 1 is 1.10 bits per heavy atom. The van der Waals surface area contributed by atoms with Crippen molar-refractivity contribution >= 4 is 17.5 Å². The molecular weight excluding hydrogens is 266 g/mol. The van der Waals surface area contributed by atoms with Gasteiger partial charge in [0.1, 0.15) is 0 Å². The highest BCUT2D eigenvalue weighted by Gasteiger charge is 2.25. The van der Waals surface area contributed by atoms with Gasteiger partial charge < -0.3 is 14.8 Å². The second-order valence-electron chi connectivity index (χ2n) is 5.01. The number of aromatic nitrogens is 1. The van der Waals surface area contributed by atoms with Crippen LogP contribution in [-0.4, -0.2) is 23.4 Å². The lowest BCUT2D eigenvalue weighted by Gasteiger charge is -2.31. The van der Waals surface area contributed by atoms with Gasteiger partial charge in [-0.15, -0.1) is 0 Å². The molecule has 108 valence electrons. The van der Waals surface area contributed by atoms with E-state index in [0.717, 1.165) is 17.1 Å². The average molecular weight is 283 g/mol. The van der Waals surface area contributed by atoms with E-state index in [2.05, 4.69) is 9.88 Å². The zero-order chi connectivity index (χ0) is 14.8. The highest BCUT2D eigenvalue weighted by atomic mass is 16.2. The standard InChI is InChI=1S/C16H17N3O2/c1-17-15(20)8-9-16(21)19-11-12-5-4-10-18(12)13-6-2-3-7-14(13)19/h2-7,10H,8-9,11H2,1H3,(H,17,20). The van der Waals surface area contributed by atoms with Crippen LogP contribution in [0.3, 0.4) is 0 Å². The summed E-state index contributed by atoms with van der Waals surface area (Å²) >= 11 is 0. The van der Waals surface area contributed by atoms with Crippen LogP contribution in [-0.2, 0) is 16.1 Å². The van der Waals surface area contributed by atoms with E-state index in [1.807, 2.05) is 42.6 Å². The number of nitrogens with zero attached hydrogens (tertiary/aromatic N) is 2. The van der Waals surface area contributed by atoms with Crippen molar-refractivity contribution in [3.63, 3.8) is 0 Å². The molecule has 0 saturated carbocycles. The fourth-order valence-corrected chi connectivity index (χ4v) is 2.63. The molecule has 0 fully saturated rings. The second kappa shape index (κ2) is 5.44. The molecular formula is C16H17N3O2. The van der Waals surface area contributed by atoms with Crippen LogP contribution in [0.5, 0.6) is 0 Å². The molecule has 2 aromatic rings. The van der Waals surface area contributed by atoms with Crippen molar-refractivity contribution in [2.75, 3.05) is 11.9 Å². The Morgan fingerprint density at radius 3 is 2.62 bits per heavy atom. The van der Waals surface area contributed by atoms with Crippen LogP contribution >= 0.6 is 0 Å². The van der Waals surface area contributed by atoms with Crippen LogP contribution in [0.15, 0.2) is 42.6 Å². The summed E-state index contributed by atoms with van der Waals surface area (Å²) in [6, 6.07) is 11.8. The predicted molar refractivity (Wildman–Crippen MR) is 80.3 cm³/mol. The van der Waals surface area contributed by atoms with Gasteiger partial charge in [0, 0.05) is 31.8 Å². The molecule has 21 heavy (non-hydrogen) atoms. The predicted octanol–water partition coefficient (Wildman–Crippen LogP) is 1.85. The maximum Gasteiger partial charge on any atom is 0.227 e. The molecule has 0 saturated heterocycles. The van der Waals surface area contributed by atoms with E-state index in [1.165, 1.54) is 0 Å². The van der Waals surface area contributed by atoms with Gasteiger partial charge in [0.15, 0.2) is 0 Å². The van der Waals surface area contributed by atoms with Crippen molar-refractivity contribution in [1.82, 2.24) is 9.88 Å². The topological polar surface area (TPSA) is 54.3 Å². The molecule has 0 unspecified atom stereocenters. The van der Waals surface area contributed by atoms with Crippen molar-refractivity contribution in [3.8, 4) is 5.69 Å². The van der Waals surface area contributed by atoms with E-state index in [9.17, 15) is 9.59 Å². The molecule has 5 nitrogen and oxygen atoms in total. The number of rotatable bonds is 3. The minimum Gasteiger partial charge on any atom is -0.359 e. The Bertz CT molecular complexity index is 690. The van der Waals surface area contributed by atoms with Crippen LogP contribution < -0.4 is 10.2 Å². The summed E-state index contributed by atoms with van der Waals surface area (Å²) in [6.07, 6.45) is 2.43. The summed E-state index contributed by atoms with van der Waals surface area (Å²) in [4.78, 5) is 25.5. The van der Waals surface area contributed by atoms with Gasteiger partial charge in [0.2, 0.25) is 11.8 Å². The molecule has 0 radical (unpaired) electrons. The minimum absolute atomic E-state index is 0.0292. The molecule has 1 aliphatic rings. The highest BCUT2D eigenvalue weighted by Crippen LogP contribution is 2.32. The number of anilines is 1. The largest absolute Gasteiger partial charge is 0.359 e.